The molecule has 0 bridgehead atoms. The largest absolute Gasteiger partial charge is 0.375 e. The minimum Gasteiger partial charge on any atom is -0.375 e. The van der Waals surface area contributed by atoms with Crippen molar-refractivity contribution in [2.45, 2.75) is 57.3 Å². The van der Waals surface area contributed by atoms with Crippen molar-refractivity contribution in [3.05, 3.63) is 16.3 Å². The zero-order valence-corrected chi connectivity index (χ0v) is 14.6. The van der Waals surface area contributed by atoms with E-state index in [2.05, 4.69) is 19.2 Å². The van der Waals surface area contributed by atoms with Gasteiger partial charge in [-0.3, -0.25) is 0 Å². The summed E-state index contributed by atoms with van der Waals surface area (Å²) in [7, 11) is -3.43. The Morgan fingerprint density at radius 1 is 1.48 bits per heavy atom. The van der Waals surface area contributed by atoms with Crippen LogP contribution in [0, 0.1) is 0 Å². The molecular weight excluding hydrogens is 308 g/mol. The lowest BCUT2D eigenvalue weighted by molar-refractivity contribution is -0.0170. The van der Waals surface area contributed by atoms with Gasteiger partial charge in [-0.1, -0.05) is 13.8 Å². The molecule has 2 rings (SSSR count). The summed E-state index contributed by atoms with van der Waals surface area (Å²) in [6, 6.07) is 2.04. The Labute approximate surface area is 131 Å². The molecule has 1 aromatic rings. The summed E-state index contributed by atoms with van der Waals surface area (Å²) < 4.78 is 32.6. The van der Waals surface area contributed by atoms with Crippen LogP contribution < -0.4 is 5.32 Å². The average molecular weight is 332 g/mol. The van der Waals surface area contributed by atoms with Gasteiger partial charge in [0.2, 0.25) is 10.0 Å². The molecule has 21 heavy (non-hydrogen) atoms. The number of rotatable bonds is 5. The van der Waals surface area contributed by atoms with Crippen molar-refractivity contribution >= 4 is 21.4 Å². The van der Waals surface area contributed by atoms with E-state index in [1.807, 2.05) is 13.8 Å². The summed E-state index contributed by atoms with van der Waals surface area (Å²) in [4.78, 5) is 1.44. The zero-order valence-electron chi connectivity index (χ0n) is 13.0. The fourth-order valence-electron chi connectivity index (χ4n) is 2.24. The van der Waals surface area contributed by atoms with E-state index in [4.69, 9.17) is 4.74 Å². The molecule has 7 heteroatoms. The van der Waals surface area contributed by atoms with Crippen molar-refractivity contribution in [2.75, 3.05) is 13.2 Å². The van der Waals surface area contributed by atoms with Gasteiger partial charge in [-0.25, -0.2) is 8.42 Å². The first-order chi connectivity index (χ1) is 9.80. The van der Waals surface area contributed by atoms with E-state index in [9.17, 15) is 8.42 Å². The van der Waals surface area contributed by atoms with Gasteiger partial charge >= 0.3 is 0 Å². The molecular formula is C14H24N2O3S2. The molecule has 1 aromatic heterocycles. The highest BCUT2D eigenvalue weighted by molar-refractivity contribution is 7.89. The first kappa shape index (κ1) is 16.9. The van der Waals surface area contributed by atoms with Crippen LogP contribution in [0.4, 0.5) is 0 Å². The van der Waals surface area contributed by atoms with Crippen LogP contribution >= 0.6 is 11.3 Å². The summed E-state index contributed by atoms with van der Waals surface area (Å²) in [6.07, 6.45) is -0.0586. The fourth-order valence-corrected chi connectivity index (χ4v) is 5.14. The summed E-state index contributed by atoms with van der Waals surface area (Å²) in [5.74, 6) is 0. The molecule has 0 spiro atoms. The first-order valence-electron chi connectivity index (χ1n) is 7.25. The average Bonchev–Trinajstić information content (AvgIpc) is 2.88. The number of ether oxygens (including phenoxy) is 1. The summed E-state index contributed by atoms with van der Waals surface area (Å²) >= 11 is 1.48. The van der Waals surface area contributed by atoms with Crippen LogP contribution in [0.2, 0.25) is 0 Å². The highest BCUT2D eigenvalue weighted by Gasteiger charge is 2.34. The van der Waals surface area contributed by atoms with E-state index in [1.165, 1.54) is 11.3 Å². The lowest BCUT2D eigenvalue weighted by Crippen LogP contribution is -2.49. The molecule has 2 atom stereocenters. The maximum atomic E-state index is 12.8. The summed E-state index contributed by atoms with van der Waals surface area (Å²) in [6.45, 7) is 9.50. The second kappa shape index (κ2) is 6.75. The Hall–Kier alpha value is -0.470. The standard InChI is InChI=1S/C14H24N2O3S2/c1-10(2)15-6-13-5-14(9-20-13)21(17,18)16-7-12(4)19-8-11(16)3/h5,9-12,15H,6-8H2,1-4H3. The SMILES string of the molecule is CC(C)NCc1cc(S(=O)(=O)N2CC(C)OCC2C)cs1. The van der Waals surface area contributed by atoms with Crippen LogP contribution in [0.5, 0.6) is 0 Å². The highest BCUT2D eigenvalue weighted by atomic mass is 32.2. The maximum Gasteiger partial charge on any atom is 0.244 e. The Morgan fingerprint density at radius 2 is 2.19 bits per heavy atom. The molecule has 0 aromatic carbocycles. The van der Waals surface area contributed by atoms with Crippen molar-refractivity contribution in [3.8, 4) is 0 Å². The van der Waals surface area contributed by atoms with Gasteiger partial charge < -0.3 is 10.1 Å². The Kier molecular flexibility index (Phi) is 5.43. The first-order valence-corrected chi connectivity index (χ1v) is 9.57. The molecule has 0 aliphatic carbocycles. The Bertz CT molecular complexity index is 569. The molecule has 1 aliphatic heterocycles. The van der Waals surface area contributed by atoms with E-state index in [1.54, 1.807) is 15.8 Å². The van der Waals surface area contributed by atoms with Crippen LogP contribution in [-0.2, 0) is 21.3 Å². The fraction of sp³-hybridized carbons (Fsp3) is 0.714. The van der Waals surface area contributed by atoms with E-state index >= 15 is 0 Å². The van der Waals surface area contributed by atoms with Gasteiger partial charge in [-0.2, -0.15) is 4.31 Å². The molecule has 120 valence electrons. The predicted molar refractivity (Wildman–Crippen MR) is 85.1 cm³/mol. The van der Waals surface area contributed by atoms with Gasteiger partial charge in [0.1, 0.15) is 0 Å². The monoisotopic (exact) mass is 332 g/mol. The molecule has 0 saturated carbocycles. The maximum absolute atomic E-state index is 12.8. The number of nitrogens with one attached hydrogen (secondary N) is 1. The van der Waals surface area contributed by atoms with Crippen molar-refractivity contribution in [1.82, 2.24) is 9.62 Å². The van der Waals surface area contributed by atoms with Gasteiger partial charge in [0.05, 0.1) is 17.6 Å². The second-order valence-corrected chi connectivity index (χ2v) is 8.74. The predicted octanol–water partition coefficient (Wildman–Crippen LogP) is 2.04. The Balaban J connectivity index is 2.15. The smallest absolute Gasteiger partial charge is 0.244 e. The minimum absolute atomic E-state index is 0.0586. The molecule has 2 heterocycles. The number of thiophene rings is 1. The lowest BCUT2D eigenvalue weighted by atomic mass is 10.2. The molecule has 0 radical (unpaired) electrons. The highest BCUT2D eigenvalue weighted by Crippen LogP contribution is 2.26. The topological polar surface area (TPSA) is 58.6 Å². The van der Waals surface area contributed by atoms with Gasteiger partial charge in [-0.05, 0) is 19.9 Å². The van der Waals surface area contributed by atoms with Crippen molar-refractivity contribution in [1.29, 1.82) is 0 Å². The molecule has 1 saturated heterocycles. The molecule has 1 fully saturated rings. The molecule has 5 nitrogen and oxygen atoms in total. The van der Waals surface area contributed by atoms with Crippen LogP contribution in [0.1, 0.15) is 32.6 Å². The Morgan fingerprint density at radius 3 is 2.86 bits per heavy atom. The number of morpholine rings is 1. The quantitative estimate of drug-likeness (QED) is 0.896. The molecule has 2 unspecified atom stereocenters. The van der Waals surface area contributed by atoms with Crippen molar-refractivity contribution in [2.24, 2.45) is 0 Å². The third kappa shape index (κ3) is 4.04. The molecule has 1 N–H and O–H groups in total. The van der Waals surface area contributed by atoms with Crippen molar-refractivity contribution < 1.29 is 13.2 Å². The van der Waals surface area contributed by atoms with Gasteiger partial charge in [0, 0.05) is 35.4 Å². The van der Waals surface area contributed by atoms with Gasteiger partial charge in [0.25, 0.3) is 0 Å². The summed E-state index contributed by atoms with van der Waals surface area (Å²) in [5, 5.41) is 5.04. The molecule has 1 aliphatic rings. The molecule has 0 amide bonds. The van der Waals surface area contributed by atoms with E-state index in [0.29, 0.717) is 30.6 Å². The van der Waals surface area contributed by atoms with Crippen molar-refractivity contribution in [3.63, 3.8) is 0 Å². The third-order valence-corrected chi connectivity index (χ3v) is 6.52. The van der Waals surface area contributed by atoms with Crippen LogP contribution in [0.15, 0.2) is 16.3 Å². The van der Waals surface area contributed by atoms with Crippen LogP contribution in [-0.4, -0.2) is 44.1 Å². The number of sulfonamides is 1. The van der Waals surface area contributed by atoms with E-state index < -0.39 is 10.0 Å². The number of hydrogen-bond donors (Lipinski definition) is 1. The minimum atomic E-state index is -3.43. The van der Waals surface area contributed by atoms with Gasteiger partial charge in [0.15, 0.2) is 0 Å². The number of hydrogen-bond acceptors (Lipinski definition) is 5. The number of nitrogens with zero attached hydrogens (tertiary/aromatic N) is 1. The van der Waals surface area contributed by atoms with Crippen LogP contribution in [0.25, 0.3) is 0 Å². The zero-order chi connectivity index (χ0) is 15.6. The summed E-state index contributed by atoms with van der Waals surface area (Å²) in [5.41, 5.74) is 0. The van der Waals surface area contributed by atoms with Gasteiger partial charge in [-0.15, -0.1) is 11.3 Å². The van der Waals surface area contributed by atoms with E-state index in [0.717, 1.165) is 4.88 Å². The lowest BCUT2D eigenvalue weighted by Gasteiger charge is -2.35. The van der Waals surface area contributed by atoms with Crippen LogP contribution in [0.3, 0.4) is 0 Å². The third-order valence-electron chi connectivity index (χ3n) is 3.47. The second-order valence-electron chi connectivity index (χ2n) is 5.85. The van der Waals surface area contributed by atoms with E-state index in [-0.39, 0.29) is 12.1 Å². The normalized spacial score (nSPS) is 24.6.